The van der Waals surface area contributed by atoms with Gasteiger partial charge in [-0.05, 0) is 18.9 Å². The first-order valence-corrected chi connectivity index (χ1v) is 8.29. The molecular formula is C16H20F3N5O2. The van der Waals surface area contributed by atoms with Gasteiger partial charge in [0.25, 0.3) is 5.91 Å². The van der Waals surface area contributed by atoms with Gasteiger partial charge in [-0.25, -0.2) is 0 Å². The molecule has 0 bridgehead atoms. The van der Waals surface area contributed by atoms with Crippen molar-refractivity contribution in [1.29, 1.82) is 0 Å². The third-order valence-corrected chi connectivity index (χ3v) is 4.20. The van der Waals surface area contributed by atoms with Crippen LogP contribution in [0.4, 0.5) is 13.2 Å². The van der Waals surface area contributed by atoms with Crippen molar-refractivity contribution in [2.75, 3.05) is 13.2 Å². The third kappa shape index (κ3) is 3.90. The van der Waals surface area contributed by atoms with Crippen LogP contribution in [0.2, 0.25) is 0 Å². The largest absolute Gasteiger partial charge is 0.433 e. The molecule has 0 unspecified atom stereocenters. The van der Waals surface area contributed by atoms with E-state index in [0.29, 0.717) is 25.3 Å². The van der Waals surface area contributed by atoms with Gasteiger partial charge in [0.2, 0.25) is 0 Å². The molecule has 1 atom stereocenters. The van der Waals surface area contributed by atoms with Gasteiger partial charge in [0.05, 0.1) is 18.9 Å². The second-order valence-electron chi connectivity index (χ2n) is 6.50. The van der Waals surface area contributed by atoms with Gasteiger partial charge in [0.1, 0.15) is 5.69 Å². The van der Waals surface area contributed by atoms with Gasteiger partial charge >= 0.3 is 6.18 Å². The number of carbonyl (C=O) groups is 1. The Balaban J connectivity index is 1.60. The Morgan fingerprint density at radius 1 is 1.50 bits per heavy atom. The first-order valence-electron chi connectivity index (χ1n) is 8.29. The van der Waals surface area contributed by atoms with Crippen molar-refractivity contribution >= 4 is 5.91 Å². The molecule has 1 amide bonds. The fourth-order valence-corrected chi connectivity index (χ4v) is 2.92. The van der Waals surface area contributed by atoms with E-state index in [9.17, 15) is 18.0 Å². The molecule has 2 aromatic heterocycles. The van der Waals surface area contributed by atoms with Gasteiger partial charge in [-0.2, -0.15) is 23.4 Å². The lowest BCUT2D eigenvalue weighted by molar-refractivity contribution is -0.144. The first kappa shape index (κ1) is 18.4. The smallest absolute Gasteiger partial charge is 0.376 e. The maximum Gasteiger partial charge on any atom is 0.433 e. The molecule has 0 saturated heterocycles. The molecule has 2 N–H and O–H groups in total. The summed E-state index contributed by atoms with van der Waals surface area (Å²) in [6.07, 6.45) is -3.79. The number of ether oxygens (including phenoxy) is 1. The highest BCUT2D eigenvalue weighted by Crippen LogP contribution is 2.30. The Bertz CT molecular complexity index is 796. The van der Waals surface area contributed by atoms with Crippen molar-refractivity contribution in [2.45, 2.75) is 39.6 Å². The Kier molecular flexibility index (Phi) is 5.03. The van der Waals surface area contributed by atoms with Crippen LogP contribution in [0.15, 0.2) is 6.07 Å². The summed E-state index contributed by atoms with van der Waals surface area (Å²) < 4.78 is 45.3. The van der Waals surface area contributed by atoms with E-state index in [4.69, 9.17) is 4.74 Å². The van der Waals surface area contributed by atoms with Gasteiger partial charge in [0.15, 0.2) is 5.69 Å². The number of carbonyl (C=O) groups excluding carboxylic acids is 1. The fraction of sp³-hybridized carbons (Fsp3) is 0.562. The molecule has 142 valence electrons. The lowest BCUT2D eigenvalue weighted by atomic mass is 10.1. The lowest BCUT2D eigenvalue weighted by Gasteiger charge is -2.16. The Labute approximate surface area is 147 Å². The predicted molar refractivity (Wildman–Crippen MR) is 85.4 cm³/mol. The van der Waals surface area contributed by atoms with Crippen molar-refractivity contribution in [3.05, 3.63) is 34.4 Å². The minimum Gasteiger partial charge on any atom is -0.376 e. The van der Waals surface area contributed by atoms with E-state index in [0.717, 1.165) is 22.0 Å². The van der Waals surface area contributed by atoms with E-state index in [1.807, 2.05) is 0 Å². The molecule has 2 aromatic rings. The number of aryl methyl sites for hydroxylation is 1. The molecule has 1 aliphatic rings. The summed E-state index contributed by atoms with van der Waals surface area (Å²) in [5.74, 6) is -0.613. The van der Waals surface area contributed by atoms with Gasteiger partial charge in [-0.1, -0.05) is 6.92 Å². The molecule has 0 aliphatic carbocycles. The number of alkyl halides is 3. The molecule has 10 heteroatoms. The summed E-state index contributed by atoms with van der Waals surface area (Å²) in [5, 5.41) is 13.5. The van der Waals surface area contributed by atoms with E-state index < -0.39 is 11.9 Å². The lowest BCUT2D eigenvalue weighted by Crippen LogP contribution is -2.32. The number of hydrogen-bond acceptors (Lipinski definition) is 4. The maximum absolute atomic E-state index is 13.0. The topological polar surface area (TPSA) is 84.8 Å². The Morgan fingerprint density at radius 2 is 2.27 bits per heavy atom. The minimum absolute atomic E-state index is 0.0464. The summed E-state index contributed by atoms with van der Waals surface area (Å²) in [4.78, 5) is 12.3. The number of H-pyrrole nitrogens is 1. The summed E-state index contributed by atoms with van der Waals surface area (Å²) in [6.45, 7) is 4.42. The van der Waals surface area contributed by atoms with Crippen molar-refractivity contribution in [2.24, 2.45) is 5.92 Å². The number of aromatic nitrogens is 4. The second-order valence-corrected chi connectivity index (χ2v) is 6.50. The van der Waals surface area contributed by atoms with E-state index in [1.54, 1.807) is 6.92 Å². The van der Waals surface area contributed by atoms with Crippen LogP contribution in [0.1, 0.15) is 40.1 Å². The molecule has 0 aromatic carbocycles. The number of halogens is 3. The summed E-state index contributed by atoms with van der Waals surface area (Å²) in [7, 11) is 0. The molecule has 7 nitrogen and oxygen atoms in total. The number of aromatic amines is 1. The molecule has 0 saturated carbocycles. The third-order valence-electron chi connectivity index (χ3n) is 4.20. The maximum atomic E-state index is 13.0. The van der Waals surface area contributed by atoms with Crippen molar-refractivity contribution in [3.8, 4) is 0 Å². The SMILES string of the molecule is Cc1cc(C(F)(F)F)n(C[C@@H](C)CNC(=O)c2n[nH]c3c2COCC3)n1. The normalized spacial score (nSPS) is 15.6. The highest BCUT2D eigenvalue weighted by atomic mass is 19.4. The Hall–Kier alpha value is -2.36. The number of rotatable bonds is 5. The van der Waals surface area contributed by atoms with Gasteiger partial charge in [0, 0.05) is 30.8 Å². The van der Waals surface area contributed by atoms with Crippen molar-refractivity contribution in [3.63, 3.8) is 0 Å². The van der Waals surface area contributed by atoms with Crippen LogP contribution in [0.25, 0.3) is 0 Å². The number of nitrogens with zero attached hydrogens (tertiary/aromatic N) is 3. The number of hydrogen-bond donors (Lipinski definition) is 2. The summed E-state index contributed by atoms with van der Waals surface area (Å²) in [5.41, 5.74) is 1.42. The van der Waals surface area contributed by atoms with E-state index >= 15 is 0 Å². The molecule has 3 rings (SSSR count). The monoisotopic (exact) mass is 371 g/mol. The molecule has 0 spiro atoms. The quantitative estimate of drug-likeness (QED) is 0.843. The predicted octanol–water partition coefficient (Wildman–Crippen LogP) is 2.07. The first-order chi connectivity index (χ1) is 12.3. The zero-order chi connectivity index (χ0) is 18.9. The van der Waals surface area contributed by atoms with Crippen molar-refractivity contribution in [1.82, 2.24) is 25.3 Å². The van der Waals surface area contributed by atoms with Crippen LogP contribution < -0.4 is 5.32 Å². The number of nitrogens with one attached hydrogen (secondary N) is 2. The van der Waals surface area contributed by atoms with Crippen LogP contribution in [0.5, 0.6) is 0 Å². The van der Waals surface area contributed by atoms with Crippen LogP contribution in [-0.4, -0.2) is 39.0 Å². The zero-order valence-electron chi connectivity index (χ0n) is 14.5. The van der Waals surface area contributed by atoms with Gasteiger partial charge in [-0.15, -0.1) is 0 Å². The minimum atomic E-state index is -4.46. The van der Waals surface area contributed by atoms with E-state index in [2.05, 4.69) is 20.6 Å². The van der Waals surface area contributed by atoms with Gasteiger partial charge < -0.3 is 10.1 Å². The second kappa shape index (κ2) is 7.10. The van der Waals surface area contributed by atoms with Crippen LogP contribution in [0, 0.1) is 12.8 Å². The summed E-state index contributed by atoms with van der Waals surface area (Å²) in [6, 6.07) is 1.02. The van der Waals surface area contributed by atoms with Crippen LogP contribution >= 0.6 is 0 Å². The molecule has 1 aliphatic heterocycles. The van der Waals surface area contributed by atoms with Gasteiger partial charge in [-0.3, -0.25) is 14.6 Å². The highest BCUT2D eigenvalue weighted by Gasteiger charge is 2.35. The molecule has 26 heavy (non-hydrogen) atoms. The van der Waals surface area contributed by atoms with E-state index in [-0.39, 0.29) is 30.6 Å². The standard InChI is InChI=1S/C16H20F3N5O2/c1-9(7-24-13(16(17,18)19)5-10(2)23-24)6-20-15(25)14-11-8-26-4-3-12(11)21-22-14/h5,9H,3-4,6-8H2,1-2H3,(H,20,25)(H,21,22)/t9-/m0/s1. The van der Waals surface area contributed by atoms with E-state index in [1.165, 1.54) is 6.92 Å². The molecule has 0 fully saturated rings. The molecule has 0 radical (unpaired) electrons. The average molecular weight is 371 g/mol. The fourth-order valence-electron chi connectivity index (χ4n) is 2.92. The highest BCUT2D eigenvalue weighted by molar-refractivity contribution is 5.93. The summed E-state index contributed by atoms with van der Waals surface area (Å²) >= 11 is 0. The number of fused-ring (bicyclic) bond motifs is 1. The van der Waals surface area contributed by atoms with Crippen LogP contribution in [0.3, 0.4) is 0 Å². The Morgan fingerprint density at radius 3 is 3.00 bits per heavy atom. The average Bonchev–Trinajstić information content (AvgIpc) is 3.16. The number of amides is 1. The van der Waals surface area contributed by atoms with Crippen LogP contribution in [-0.2, 0) is 30.5 Å². The van der Waals surface area contributed by atoms with Crippen molar-refractivity contribution < 1.29 is 22.7 Å². The molecular weight excluding hydrogens is 351 g/mol. The zero-order valence-corrected chi connectivity index (χ0v) is 14.5. The molecule has 3 heterocycles.